The number of benzene rings is 1. The van der Waals surface area contributed by atoms with Gasteiger partial charge >= 0.3 is 0 Å². The average molecular weight is 327 g/mol. The van der Waals surface area contributed by atoms with Gasteiger partial charge in [0.15, 0.2) is 0 Å². The molecule has 5 heteroatoms. The average Bonchev–Trinajstić information content (AvgIpc) is 2.47. The molecule has 1 aliphatic rings. The summed E-state index contributed by atoms with van der Waals surface area (Å²) in [5.41, 5.74) is 1.23. The Balaban J connectivity index is 1.62. The summed E-state index contributed by atoms with van der Waals surface area (Å²) in [7, 11) is 2.04. The van der Waals surface area contributed by atoms with Crippen LogP contribution in [0, 0.1) is 0 Å². The molecule has 1 saturated heterocycles. The second kappa shape index (κ2) is 8.66. The van der Waals surface area contributed by atoms with E-state index in [1.807, 2.05) is 37.0 Å². The number of carbonyl (C=O) groups excluding carboxylic acids is 1. The predicted molar refractivity (Wildman–Crippen MR) is 90.9 cm³/mol. The first-order chi connectivity index (χ1) is 10.2. The molecule has 1 aliphatic heterocycles. The van der Waals surface area contributed by atoms with Gasteiger partial charge in [0.25, 0.3) is 0 Å². The molecule has 1 fully saturated rings. The van der Waals surface area contributed by atoms with Crippen LogP contribution in [0.4, 0.5) is 0 Å². The SMILES string of the molecule is CN1CCCCC1C(=O)NCCSCc1cccc(Cl)c1. The van der Waals surface area contributed by atoms with Crippen molar-refractivity contribution >= 4 is 29.3 Å². The third kappa shape index (κ3) is 5.53. The maximum Gasteiger partial charge on any atom is 0.237 e. The van der Waals surface area contributed by atoms with Crippen molar-refractivity contribution in [2.75, 3.05) is 25.9 Å². The number of thioether (sulfide) groups is 1. The van der Waals surface area contributed by atoms with Gasteiger partial charge in [-0.3, -0.25) is 9.69 Å². The molecule has 21 heavy (non-hydrogen) atoms. The van der Waals surface area contributed by atoms with Gasteiger partial charge in [0.1, 0.15) is 0 Å². The van der Waals surface area contributed by atoms with Crippen molar-refractivity contribution in [1.82, 2.24) is 10.2 Å². The fraction of sp³-hybridized carbons (Fsp3) is 0.562. The zero-order chi connectivity index (χ0) is 15.1. The molecule has 0 aliphatic carbocycles. The number of rotatable bonds is 6. The molecule has 0 spiro atoms. The van der Waals surface area contributed by atoms with Crippen LogP contribution >= 0.6 is 23.4 Å². The first-order valence-corrected chi connectivity index (χ1v) is 9.00. The largest absolute Gasteiger partial charge is 0.354 e. The second-order valence-corrected chi connectivity index (χ2v) is 7.01. The van der Waals surface area contributed by atoms with E-state index in [2.05, 4.69) is 16.3 Å². The van der Waals surface area contributed by atoms with Crippen molar-refractivity contribution < 1.29 is 4.79 Å². The van der Waals surface area contributed by atoms with E-state index in [1.165, 1.54) is 12.0 Å². The molecular weight excluding hydrogens is 304 g/mol. The molecule has 3 nitrogen and oxygen atoms in total. The smallest absolute Gasteiger partial charge is 0.237 e. The quantitative estimate of drug-likeness (QED) is 0.815. The first kappa shape index (κ1) is 16.7. The number of likely N-dealkylation sites (N-methyl/N-ethyl adjacent to an activating group) is 1. The van der Waals surface area contributed by atoms with Crippen LogP contribution in [-0.4, -0.2) is 42.7 Å². The first-order valence-electron chi connectivity index (χ1n) is 7.47. The fourth-order valence-corrected chi connectivity index (χ4v) is 3.61. The van der Waals surface area contributed by atoms with E-state index < -0.39 is 0 Å². The Morgan fingerprint density at radius 2 is 2.33 bits per heavy atom. The maximum absolute atomic E-state index is 12.1. The molecule has 1 heterocycles. The normalized spacial score (nSPS) is 19.4. The molecule has 1 aromatic rings. The summed E-state index contributed by atoms with van der Waals surface area (Å²) in [5, 5.41) is 3.83. The maximum atomic E-state index is 12.1. The Labute approximate surface area is 136 Å². The monoisotopic (exact) mass is 326 g/mol. The molecule has 1 N–H and O–H groups in total. The Kier molecular flexibility index (Phi) is 6.87. The highest BCUT2D eigenvalue weighted by Crippen LogP contribution is 2.17. The van der Waals surface area contributed by atoms with Crippen molar-refractivity contribution in [3.63, 3.8) is 0 Å². The third-order valence-electron chi connectivity index (χ3n) is 3.78. The lowest BCUT2D eigenvalue weighted by Gasteiger charge is -2.31. The van der Waals surface area contributed by atoms with E-state index >= 15 is 0 Å². The van der Waals surface area contributed by atoms with Gasteiger partial charge < -0.3 is 5.32 Å². The molecule has 0 aromatic heterocycles. The van der Waals surface area contributed by atoms with Gasteiger partial charge in [-0.1, -0.05) is 30.2 Å². The summed E-state index contributed by atoms with van der Waals surface area (Å²) in [6.45, 7) is 1.76. The highest BCUT2D eigenvalue weighted by molar-refractivity contribution is 7.98. The van der Waals surface area contributed by atoms with Crippen molar-refractivity contribution in [3.8, 4) is 0 Å². The number of piperidine rings is 1. The van der Waals surface area contributed by atoms with Crippen LogP contribution in [0.25, 0.3) is 0 Å². The fourth-order valence-electron chi connectivity index (χ4n) is 2.59. The second-order valence-electron chi connectivity index (χ2n) is 5.47. The zero-order valence-corrected chi connectivity index (χ0v) is 14.1. The highest BCUT2D eigenvalue weighted by atomic mass is 35.5. The van der Waals surface area contributed by atoms with Gasteiger partial charge in [0.05, 0.1) is 6.04 Å². The lowest BCUT2D eigenvalue weighted by molar-refractivity contribution is -0.126. The predicted octanol–water partition coefficient (Wildman–Crippen LogP) is 3.17. The van der Waals surface area contributed by atoms with E-state index in [0.29, 0.717) is 0 Å². The third-order valence-corrected chi connectivity index (χ3v) is 5.04. The van der Waals surface area contributed by atoms with Gasteiger partial charge in [-0.05, 0) is 44.1 Å². The van der Waals surface area contributed by atoms with Crippen LogP contribution < -0.4 is 5.32 Å². The molecule has 1 atom stereocenters. The van der Waals surface area contributed by atoms with Crippen molar-refractivity contribution in [1.29, 1.82) is 0 Å². The molecule has 1 unspecified atom stereocenters. The molecule has 1 amide bonds. The number of amides is 1. The van der Waals surface area contributed by atoms with Crippen LogP contribution in [0.5, 0.6) is 0 Å². The van der Waals surface area contributed by atoms with Gasteiger partial charge in [-0.2, -0.15) is 11.8 Å². The van der Waals surface area contributed by atoms with Gasteiger partial charge in [0.2, 0.25) is 5.91 Å². The van der Waals surface area contributed by atoms with Crippen molar-refractivity contribution in [2.45, 2.75) is 31.1 Å². The summed E-state index contributed by atoms with van der Waals surface area (Å²) in [6.07, 6.45) is 3.35. The molecule has 2 rings (SSSR count). The van der Waals surface area contributed by atoms with Crippen LogP contribution in [0.2, 0.25) is 5.02 Å². The summed E-state index contributed by atoms with van der Waals surface area (Å²) < 4.78 is 0. The lowest BCUT2D eigenvalue weighted by Crippen LogP contribution is -2.47. The Morgan fingerprint density at radius 1 is 1.48 bits per heavy atom. The van der Waals surface area contributed by atoms with Gasteiger partial charge in [-0.25, -0.2) is 0 Å². The minimum Gasteiger partial charge on any atom is -0.354 e. The topological polar surface area (TPSA) is 32.3 Å². The van der Waals surface area contributed by atoms with Crippen molar-refractivity contribution in [2.24, 2.45) is 0 Å². The number of halogens is 1. The number of nitrogens with zero attached hydrogens (tertiary/aromatic N) is 1. The van der Waals surface area contributed by atoms with E-state index in [9.17, 15) is 4.79 Å². The Bertz CT molecular complexity index is 469. The highest BCUT2D eigenvalue weighted by Gasteiger charge is 2.25. The molecule has 1 aromatic carbocycles. The van der Waals surface area contributed by atoms with Crippen LogP contribution in [-0.2, 0) is 10.5 Å². The van der Waals surface area contributed by atoms with Gasteiger partial charge in [-0.15, -0.1) is 0 Å². The summed E-state index contributed by atoms with van der Waals surface area (Å²) >= 11 is 7.77. The summed E-state index contributed by atoms with van der Waals surface area (Å²) in [6, 6.07) is 7.99. The van der Waals surface area contributed by atoms with Crippen LogP contribution in [0.3, 0.4) is 0 Å². The molecule has 0 radical (unpaired) electrons. The van der Waals surface area contributed by atoms with E-state index in [4.69, 9.17) is 11.6 Å². The lowest BCUT2D eigenvalue weighted by atomic mass is 10.0. The summed E-state index contributed by atoms with van der Waals surface area (Å²) in [5.74, 6) is 2.04. The number of nitrogens with one attached hydrogen (secondary N) is 1. The van der Waals surface area contributed by atoms with Gasteiger partial charge in [0, 0.05) is 23.1 Å². The van der Waals surface area contributed by atoms with E-state index in [-0.39, 0.29) is 11.9 Å². The molecular formula is C16H23ClN2OS. The Hall–Kier alpha value is -0.710. The summed E-state index contributed by atoms with van der Waals surface area (Å²) in [4.78, 5) is 14.3. The molecule has 116 valence electrons. The van der Waals surface area contributed by atoms with Crippen LogP contribution in [0.1, 0.15) is 24.8 Å². The number of likely N-dealkylation sites (tertiary alicyclic amines) is 1. The van der Waals surface area contributed by atoms with Crippen molar-refractivity contribution in [3.05, 3.63) is 34.9 Å². The zero-order valence-electron chi connectivity index (χ0n) is 12.5. The molecule has 0 bridgehead atoms. The minimum atomic E-state index is 0.0664. The standard InChI is InChI=1S/C16H23ClN2OS/c1-19-9-3-2-7-15(19)16(20)18-8-10-21-12-13-5-4-6-14(17)11-13/h4-6,11,15H,2-3,7-10,12H2,1H3,(H,18,20). The number of hydrogen-bond acceptors (Lipinski definition) is 3. The number of carbonyl (C=O) groups is 1. The van der Waals surface area contributed by atoms with E-state index in [1.54, 1.807) is 0 Å². The molecule has 0 saturated carbocycles. The number of hydrogen-bond donors (Lipinski definition) is 1. The Morgan fingerprint density at radius 3 is 3.10 bits per heavy atom. The minimum absolute atomic E-state index is 0.0664. The van der Waals surface area contributed by atoms with Crippen LogP contribution in [0.15, 0.2) is 24.3 Å². The van der Waals surface area contributed by atoms with E-state index in [0.717, 1.165) is 42.5 Å².